The van der Waals surface area contributed by atoms with Crippen LogP contribution in [0.5, 0.6) is 0 Å². The predicted molar refractivity (Wildman–Crippen MR) is 66.7 cm³/mol. The fourth-order valence-electron chi connectivity index (χ4n) is 1.37. The molecule has 1 nitrogen and oxygen atoms in total. The van der Waals surface area contributed by atoms with E-state index in [-0.39, 0.29) is 0 Å². The van der Waals surface area contributed by atoms with Gasteiger partial charge in [-0.25, -0.2) is 0 Å². The fraction of sp³-hybridized carbons (Fsp3) is 0.500. The van der Waals surface area contributed by atoms with Crippen LogP contribution in [0, 0.1) is 0 Å². The zero-order chi connectivity index (χ0) is 10.2. The van der Waals surface area contributed by atoms with Crippen molar-refractivity contribution in [2.75, 3.05) is 6.16 Å². The highest BCUT2D eigenvalue weighted by molar-refractivity contribution is 7.47. The van der Waals surface area contributed by atoms with Gasteiger partial charge in [-0.2, -0.15) is 0 Å². The van der Waals surface area contributed by atoms with Crippen LogP contribution in [0.15, 0.2) is 24.3 Å². The Hall–Kier alpha value is -0.390. The Labute approximate surface area is 88.9 Å². The van der Waals surface area contributed by atoms with Gasteiger partial charge in [0.1, 0.15) is 0 Å². The second-order valence-corrected chi connectivity index (χ2v) is 4.97. The summed E-state index contributed by atoms with van der Waals surface area (Å²) in [6, 6.07) is 8.71. The molecule has 0 spiro atoms. The van der Waals surface area contributed by atoms with Gasteiger partial charge in [-0.1, -0.05) is 52.6 Å². The first kappa shape index (κ1) is 11.7. The average molecular weight is 209 g/mol. The highest BCUT2D eigenvalue weighted by Gasteiger charge is 1.93. The van der Waals surface area contributed by atoms with E-state index in [1.165, 1.54) is 36.3 Å². The SMILES string of the molecule is CCCCCPc1ccc(CN)cc1. The zero-order valence-corrected chi connectivity index (χ0v) is 9.92. The molecule has 1 unspecified atom stereocenters. The number of nitrogens with two attached hydrogens (primary N) is 1. The molecule has 0 aliphatic carbocycles. The molecule has 78 valence electrons. The monoisotopic (exact) mass is 209 g/mol. The largest absolute Gasteiger partial charge is 0.326 e. The summed E-state index contributed by atoms with van der Waals surface area (Å²) in [5.41, 5.74) is 6.77. The maximum absolute atomic E-state index is 5.54. The standard InChI is InChI=1S/C12H20NP/c1-2-3-4-9-14-12-7-5-11(10-13)6-8-12/h5-8,14H,2-4,9-10,13H2,1H3. The van der Waals surface area contributed by atoms with E-state index in [1.54, 1.807) is 0 Å². The zero-order valence-electron chi connectivity index (χ0n) is 8.92. The molecule has 0 amide bonds. The van der Waals surface area contributed by atoms with Gasteiger partial charge in [0.15, 0.2) is 0 Å². The number of hydrogen-bond acceptors (Lipinski definition) is 1. The lowest BCUT2D eigenvalue weighted by Gasteiger charge is -2.02. The van der Waals surface area contributed by atoms with E-state index in [0.29, 0.717) is 6.54 Å². The van der Waals surface area contributed by atoms with Crippen LogP contribution < -0.4 is 11.0 Å². The lowest BCUT2D eigenvalue weighted by atomic mass is 10.2. The third-order valence-corrected chi connectivity index (χ3v) is 3.64. The minimum absolute atomic E-state index is 0.652. The molecule has 0 saturated carbocycles. The third kappa shape index (κ3) is 4.21. The summed E-state index contributed by atoms with van der Waals surface area (Å²) >= 11 is 0. The van der Waals surface area contributed by atoms with Gasteiger partial charge in [-0.05, 0) is 23.5 Å². The molecule has 0 aliphatic heterocycles. The van der Waals surface area contributed by atoms with Gasteiger partial charge in [0.05, 0.1) is 0 Å². The van der Waals surface area contributed by atoms with E-state index in [2.05, 4.69) is 31.2 Å². The molecule has 2 N–H and O–H groups in total. The van der Waals surface area contributed by atoms with Crippen LogP contribution in [0.4, 0.5) is 0 Å². The average Bonchev–Trinajstić information content (AvgIpc) is 2.25. The van der Waals surface area contributed by atoms with E-state index >= 15 is 0 Å². The molecule has 0 aromatic heterocycles. The normalized spacial score (nSPS) is 11.3. The number of benzene rings is 1. The maximum atomic E-state index is 5.54. The van der Waals surface area contributed by atoms with Crippen molar-refractivity contribution in [2.45, 2.75) is 32.7 Å². The van der Waals surface area contributed by atoms with Gasteiger partial charge < -0.3 is 5.73 Å². The highest BCUT2D eigenvalue weighted by atomic mass is 31.1. The van der Waals surface area contributed by atoms with Crippen LogP contribution in [-0.2, 0) is 6.54 Å². The Bertz CT molecular complexity index is 243. The van der Waals surface area contributed by atoms with Crippen molar-refractivity contribution in [3.8, 4) is 0 Å². The molecular formula is C12H20NP. The van der Waals surface area contributed by atoms with Gasteiger partial charge >= 0.3 is 0 Å². The van der Waals surface area contributed by atoms with Crippen LogP contribution in [0.1, 0.15) is 31.7 Å². The van der Waals surface area contributed by atoms with Crippen molar-refractivity contribution in [1.82, 2.24) is 0 Å². The maximum Gasteiger partial charge on any atom is 0.0178 e. The lowest BCUT2D eigenvalue weighted by Crippen LogP contribution is -2.00. The molecule has 0 fully saturated rings. The first-order chi connectivity index (χ1) is 6.86. The lowest BCUT2D eigenvalue weighted by molar-refractivity contribution is 0.778. The van der Waals surface area contributed by atoms with Crippen molar-refractivity contribution < 1.29 is 0 Å². The molecule has 1 rings (SSSR count). The van der Waals surface area contributed by atoms with Gasteiger partial charge in [0.25, 0.3) is 0 Å². The first-order valence-corrected chi connectivity index (χ1v) is 6.60. The summed E-state index contributed by atoms with van der Waals surface area (Å²) in [7, 11) is 0.971. The van der Waals surface area contributed by atoms with Crippen LogP contribution in [0.2, 0.25) is 0 Å². The molecule has 1 aromatic carbocycles. The Morgan fingerprint density at radius 1 is 1.14 bits per heavy atom. The van der Waals surface area contributed by atoms with Gasteiger partial charge in [0.2, 0.25) is 0 Å². The molecule has 0 bridgehead atoms. The summed E-state index contributed by atoms with van der Waals surface area (Å²) in [6.07, 6.45) is 5.40. The van der Waals surface area contributed by atoms with Gasteiger partial charge in [-0.3, -0.25) is 0 Å². The second-order valence-electron chi connectivity index (χ2n) is 3.53. The van der Waals surface area contributed by atoms with Gasteiger partial charge in [-0.15, -0.1) is 0 Å². The van der Waals surface area contributed by atoms with Crippen molar-refractivity contribution in [2.24, 2.45) is 5.73 Å². The van der Waals surface area contributed by atoms with Crippen molar-refractivity contribution in [1.29, 1.82) is 0 Å². The summed E-state index contributed by atoms with van der Waals surface area (Å²) in [6.45, 7) is 2.90. The highest BCUT2D eigenvalue weighted by Crippen LogP contribution is 2.13. The Kier molecular flexibility index (Phi) is 5.82. The van der Waals surface area contributed by atoms with Crippen LogP contribution >= 0.6 is 8.58 Å². The van der Waals surface area contributed by atoms with Gasteiger partial charge in [0, 0.05) is 6.54 Å². The number of unbranched alkanes of at least 4 members (excludes halogenated alkanes) is 2. The summed E-state index contributed by atoms with van der Waals surface area (Å²) < 4.78 is 0. The molecule has 14 heavy (non-hydrogen) atoms. The second kappa shape index (κ2) is 6.98. The molecule has 0 heterocycles. The van der Waals surface area contributed by atoms with Crippen LogP contribution in [0.25, 0.3) is 0 Å². The van der Waals surface area contributed by atoms with E-state index in [1.807, 2.05) is 0 Å². The van der Waals surface area contributed by atoms with Crippen molar-refractivity contribution >= 4 is 13.9 Å². The Balaban J connectivity index is 2.29. The minimum atomic E-state index is 0.652. The Morgan fingerprint density at radius 3 is 2.43 bits per heavy atom. The summed E-state index contributed by atoms with van der Waals surface area (Å²) in [4.78, 5) is 0. The topological polar surface area (TPSA) is 26.0 Å². The fourth-order valence-corrected chi connectivity index (χ4v) is 2.48. The molecule has 0 saturated heterocycles. The molecular weight excluding hydrogens is 189 g/mol. The van der Waals surface area contributed by atoms with E-state index in [0.717, 1.165) is 8.58 Å². The molecule has 1 aromatic rings. The molecule has 0 radical (unpaired) electrons. The first-order valence-electron chi connectivity index (χ1n) is 5.39. The summed E-state index contributed by atoms with van der Waals surface area (Å²) in [5, 5.41) is 1.47. The smallest absolute Gasteiger partial charge is 0.0178 e. The van der Waals surface area contributed by atoms with Crippen molar-refractivity contribution in [3.05, 3.63) is 29.8 Å². The van der Waals surface area contributed by atoms with E-state index < -0.39 is 0 Å². The van der Waals surface area contributed by atoms with Crippen molar-refractivity contribution in [3.63, 3.8) is 0 Å². The number of hydrogen-bond donors (Lipinski definition) is 1. The molecule has 0 aliphatic rings. The molecule has 2 heteroatoms. The van der Waals surface area contributed by atoms with Crippen LogP contribution in [0.3, 0.4) is 0 Å². The third-order valence-electron chi connectivity index (χ3n) is 2.30. The number of rotatable bonds is 6. The quantitative estimate of drug-likeness (QED) is 0.565. The predicted octanol–water partition coefficient (Wildman–Crippen LogP) is 2.64. The molecule has 1 atom stereocenters. The summed E-state index contributed by atoms with van der Waals surface area (Å²) in [5.74, 6) is 0. The van der Waals surface area contributed by atoms with E-state index in [9.17, 15) is 0 Å². The van der Waals surface area contributed by atoms with Crippen LogP contribution in [-0.4, -0.2) is 6.16 Å². The minimum Gasteiger partial charge on any atom is -0.326 e. The Morgan fingerprint density at radius 2 is 1.86 bits per heavy atom. The van der Waals surface area contributed by atoms with E-state index in [4.69, 9.17) is 5.73 Å².